The molecule has 0 fully saturated rings. The molecular weight excluding hydrogens is 1110 g/mol. The van der Waals surface area contributed by atoms with E-state index < -0.39 is 0 Å². The van der Waals surface area contributed by atoms with Gasteiger partial charge in [0.25, 0.3) is 0 Å². The van der Waals surface area contributed by atoms with Crippen molar-refractivity contribution in [1.82, 2.24) is 19.9 Å². The van der Waals surface area contributed by atoms with Crippen LogP contribution in [0.3, 0.4) is 0 Å². The van der Waals surface area contributed by atoms with Gasteiger partial charge in [-0.15, -0.1) is 0 Å². The van der Waals surface area contributed by atoms with E-state index >= 15 is 0 Å². The smallest absolute Gasteiger partial charge is 0.143 e. The molecule has 4 nitrogen and oxygen atoms in total. The first-order valence-electron chi connectivity index (χ1n) is 8.63. The van der Waals surface area contributed by atoms with Crippen molar-refractivity contribution in [1.29, 1.82) is 0 Å². The molecule has 0 spiro atoms. The molecule has 0 atom stereocenters. The summed E-state index contributed by atoms with van der Waals surface area (Å²) in [5.74, 6) is 0. The lowest BCUT2D eigenvalue weighted by molar-refractivity contribution is 1.27. The number of aromatic nitrogens is 4. The summed E-state index contributed by atoms with van der Waals surface area (Å²) >= 11 is 39.7. The highest BCUT2D eigenvalue weighted by molar-refractivity contribution is 14.1. The molecule has 0 unspecified atom stereocenters. The van der Waals surface area contributed by atoms with Crippen LogP contribution in [0.2, 0.25) is 20.6 Å². The van der Waals surface area contributed by atoms with Crippen molar-refractivity contribution in [2.24, 2.45) is 0 Å². The molecule has 176 valence electrons. The minimum atomic E-state index is 0.455. The summed E-state index contributed by atoms with van der Waals surface area (Å²) in [5, 5.41) is 1.87. The summed E-state index contributed by atoms with van der Waals surface area (Å²) in [6, 6.07) is 3.64. The predicted octanol–water partition coefficient (Wildman–Crippen LogP) is 10.8. The lowest BCUT2D eigenvalue weighted by Crippen LogP contribution is -1.93. The van der Waals surface area contributed by atoms with Crippen molar-refractivity contribution in [3.8, 4) is 22.3 Å². The Bertz CT molecular complexity index is 1290. The fraction of sp³-hybridized carbons (Fsp3) is 0. The Kier molecular flexibility index (Phi) is 12.1. The van der Waals surface area contributed by atoms with E-state index in [2.05, 4.69) is 142 Å². The molecular formula is C20H6Br2Cl4I4N4. The molecule has 4 rings (SSSR count). The normalized spacial score (nSPS) is 10.6. The number of pyridine rings is 4. The second-order valence-electron chi connectivity index (χ2n) is 6.15. The van der Waals surface area contributed by atoms with Gasteiger partial charge in [0.05, 0.1) is 7.14 Å². The van der Waals surface area contributed by atoms with Crippen molar-refractivity contribution in [2.75, 3.05) is 0 Å². The molecule has 14 heteroatoms. The van der Waals surface area contributed by atoms with Gasteiger partial charge in [0, 0.05) is 63.1 Å². The van der Waals surface area contributed by atoms with Crippen LogP contribution in [0.5, 0.6) is 0 Å². The Morgan fingerprint density at radius 1 is 0.559 bits per heavy atom. The summed E-state index contributed by atoms with van der Waals surface area (Å²) in [6.07, 6.45) is 6.83. The second kappa shape index (κ2) is 13.6. The molecule has 4 heterocycles. The predicted molar refractivity (Wildman–Crippen MR) is 181 cm³/mol. The van der Waals surface area contributed by atoms with Crippen LogP contribution in [-0.2, 0) is 0 Å². The Morgan fingerprint density at radius 2 is 0.912 bits per heavy atom. The third-order valence-electron chi connectivity index (χ3n) is 4.04. The summed E-state index contributed by atoms with van der Waals surface area (Å²) in [6.45, 7) is 0. The molecule has 0 radical (unpaired) electrons. The molecule has 0 saturated carbocycles. The van der Waals surface area contributed by atoms with Crippen molar-refractivity contribution >= 4 is 169 Å². The van der Waals surface area contributed by atoms with Crippen LogP contribution < -0.4 is 0 Å². The van der Waals surface area contributed by atoms with E-state index in [0.717, 1.165) is 45.5 Å². The first-order valence-corrected chi connectivity index (χ1v) is 16.0. The van der Waals surface area contributed by atoms with Gasteiger partial charge in [-0.1, -0.05) is 46.4 Å². The highest BCUT2D eigenvalue weighted by Gasteiger charge is 2.16. The van der Waals surface area contributed by atoms with Crippen LogP contribution in [0.15, 0.2) is 45.9 Å². The summed E-state index contributed by atoms with van der Waals surface area (Å²) in [7, 11) is 0. The van der Waals surface area contributed by atoms with Crippen LogP contribution in [-0.4, -0.2) is 19.9 Å². The van der Waals surface area contributed by atoms with Crippen LogP contribution in [0.1, 0.15) is 0 Å². The van der Waals surface area contributed by atoms with Crippen molar-refractivity contribution in [2.45, 2.75) is 0 Å². The summed E-state index contributed by atoms with van der Waals surface area (Å²) in [4.78, 5) is 16.2. The maximum Gasteiger partial charge on any atom is 0.143 e. The monoisotopic (exact) mass is 1110 g/mol. The van der Waals surface area contributed by atoms with Crippen LogP contribution >= 0.6 is 169 Å². The number of halogens is 10. The molecule has 0 amide bonds. The Labute approximate surface area is 286 Å². The summed E-state index contributed by atoms with van der Waals surface area (Å²) < 4.78 is 5.55. The van der Waals surface area contributed by atoms with Crippen molar-refractivity contribution < 1.29 is 0 Å². The van der Waals surface area contributed by atoms with Gasteiger partial charge >= 0.3 is 0 Å². The topological polar surface area (TPSA) is 51.6 Å². The average Bonchev–Trinajstić information content (AvgIpc) is 2.79. The molecule has 0 N–H and O–H groups in total. The molecule has 0 aromatic carbocycles. The molecule has 0 aliphatic carbocycles. The highest BCUT2D eigenvalue weighted by atomic mass is 127. The molecule has 0 aliphatic heterocycles. The Hall–Kier alpha value is 1.64. The zero-order chi connectivity index (χ0) is 25.2. The SMILES string of the molecule is Clc1cc(-c2c(Br)cnc(Cl)c2I)c(I)cn1.Clc1cc(-c2c(Br)cnc(Cl)c2I)c(I)cn1. The lowest BCUT2D eigenvalue weighted by Gasteiger charge is -2.10. The first kappa shape index (κ1) is 30.2. The molecule has 0 aliphatic rings. The third-order valence-corrected chi connectivity index (χ3v) is 10.7. The van der Waals surface area contributed by atoms with E-state index in [-0.39, 0.29) is 0 Å². The minimum absolute atomic E-state index is 0.455. The number of rotatable bonds is 2. The zero-order valence-corrected chi connectivity index (χ0v) is 30.9. The van der Waals surface area contributed by atoms with Gasteiger partial charge < -0.3 is 0 Å². The van der Waals surface area contributed by atoms with E-state index in [9.17, 15) is 0 Å². The fourth-order valence-electron chi connectivity index (χ4n) is 2.59. The van der Waals surface area contributed by atoms with E-state index in [1.807, 2.05) is 12.1 Å². The van der Waals surface area contributed by atoms with E-state index in [0.29, 0.717) is 20.6 Å². The van der Waals surface area contributed by atoms with Gasteiger partial charge in [-0.05, 0) is 134 Å². The van der Waals surface area contributed by atoms with Crippen molar-refractivity contribution in [3.63, 3.8) is 0 Å². The van der Waals surface area contributed by atoms with Gasteiger partial charge in [0.2, 0.25) is 0 Å². The first-order chi connectivity index (χ1) is 16.0. The Balaban J connectivity index is 0.000000191. The van der Waals surface area contributed by atoms with Gasteiger partial charge in [-0.3, -0.25) is 0 Å². The molecule has 0 saturated heterocycles. The maximum atomic E-state index is 6.04. The molecule has 0 bridgehead atoms. The van der Waals surface area contributed by atoms with E-state index in [1.165, 1.54) is 0 Å². The van der Waals surface area contributed by atoms with Gasteiger partial charge in [0.1, 0.15) is 20.6 Å². The number of nitrogens with zero attached hydrogens (tertiary/aromatic N) is 4. The standard InChI is InChI=1S/2C10H3BrCl2I2N2/c2*11-5-2-17-10(13)9(15)8(5)4-1-7(12)16-3-6(4)14/h2*1-3H. The quantitative estimate of drug-likeness (QED) is 0.148. The van der Waals surface area contributed by atoms with Crippen LogP contribution in [0, 0.1) is 14.3 Å². The van der Waals surface area contributed by atoms with Gasteiger partial charge in [0.15, 0.2) is 0 Å². The zero-order valence-electron chi connectivity index (χ0n) is 16.0. The van der Waals surface area contributed by atoms with E-state index in [1.54, 1.807) is 24.8 Å². The fourth-order valence-corrected chi connectivity index (χ4v) is 7.53. The van der Waals surface area contributed by atoms with E-state index in [4.69, 9.17) is 46.4 Å². The minimum Gasteiger partial charge on any atom is -0.243 e. The maximum absolute atomic E-state index is 6.04. The molecule has 4 aromatic rings. The van der Waals surface area contributed by atoms with Gasteiger partial charge in [-0.25, -0.2) is 19.9 Å². The van der Waals surface area contributed by atoms with Crippen LogP contribution in [0.25, 0.3) is 22.3 Å². The van der Waals surface area contributed by atoms with Gasteiger partial charge in [-0.2, -0.15) is 0 Å². The average molecular weight is 1110 g/mol. The molecule has 34 heavy (non-hydrogen) atoms. The summed E-state index contributed by atoms with van der Waals surface area (Å²) in [5.41, 5.74) is 3.95. The van der Waals surface area contributed by atoms with Crippen LogP contribution in [0.4, 0.5) is 0 Å². The third kappa shape index (κ3) is 7.39. The second-order valence-corrected chi connectivity index (χ2v) is 13.8. The molecule has 4 aromatic heterocycles. The number of hydrogen-bond donors (Lipinski definition) is 0. The largest absolute Gasteiger partial charge is 0.243 e. The lowest BCUT2D eigenvalue weighted by atomic mass is 10.1. The number of hydrogen-bond acceptors (Lipinski definition) is 4. The highest BCUT2D eigenvalue weighted by Crippen LogP contribution is 2.39. The van der Waals surface area contributed by atoms with Crippen molar-refractivity contribution in [3.05, 3.63) is 80.8 Å². The Morgan fingerprint density at radius 3 is 1.26 bits per heavy atom.